The minimum absolute atomic E-state index is 0.00238. The Hall–Kier alpha value is -0.900. The van der Waals surface area contributed by atoms with Gasteiger partial charge in [-0.2, -0.15) is 0 Å². The molecule has 0 aliphatic heterocycles. The van der Waals surface area contributed by atoms with Crippen LogP contribution in [-0.2, 0) is 9.59 Å². The molecule has 1 fully saturated rings. The maximum absolute atomic E-state index is 12.1. The summed E-state index contributed by atoms with van der Waals surface area (Å²) in [7, 11) is 0. The Bertz CT molecular complexity index is 358. The van der Waals surface area contributed by atoms with E-state index in [2.05, 4.69) is 5.32 Å². The van der Waals surface area contributed by atoms with Crippen molar-refractivity contribution in [1.29, 1.82) is 0 Å². The normalized spacial score (nSPS) is 28.8. The molecule has 0 radical (unpaired) electrons. The number of carbonyl (C=O) groups excluding carboxylic acids is 2. The number of carbonyl (C=O) groups is 2. The zero-order valence-electron chi connectivity index (χ0n) is 13.5. The maximum atomic E-state index is 12.1. The van der Waals surface area contributed by atoms with Crippen molar-refractivity contribution in [3.05, 3.63) is 0 Å². The van der Waals surface area contributed by atoms with Crippen LogP contribution in [0.15, 0.2) is 0 Å². The number of rotatable bonds is 4. The highest BCUT2D eigenvalue weighted by atomic mass is 16.3. The molecule has 4 nitrogen and oxygen atoms in total. The third-order valence-corrected chi connectivity index (χ3v) is 4.23. The average molecular weight is 283 g/mol. The van der Waals surface area contributed by atoms with E-state index in [0.29, 0.717) is 12.3 Å². The molecule has 1 amide bonds. The molecule has 0 aromatic carbocycles. The molecular weight excluding hydrogens is 254 g/mol. The summed E-state index contributed by atoms with van der Waals surface area (Å²) in [5, 5.41) is 12.8. The lowest BCUT2D eigenvalue weighted by Gasteiger charge is -2.34. The third-order valence-electron chi connectivity index (χ3n) is 4.23. The summed E-state index contributed by atoms with van der Waals surface area (Å²) in [5.74, 6) is 0.270. The summed E-state index contributed by atoms with van der Waals surface area (Å²) in [5.41, 5.74) is -0.835. The topological polar surface area (TPSA) is 66.4 Å². The van der Waals surface area contributed by atoms with Crippen molar-refractivity contribution in [2.75, 3.05) is 0 Å². The number of ketones is 1. The molecule has 1 aliphatic rings. The number of nitrogens with one attached hydrogen (secondary N) is 1. The van der Waals surface area contributed by atoms with E-state index < -0.39 is 11.6 Å². The summed E-state index contributed by atoms with van der Waals surface area (Å²) in [6.07, 6.45) is 3.71. The molecule has 1 rings (SSSR count). The largest absolute Gasteiger partial charge is 0.390 e. The molecule has 0 aromatic rings. The zero-order valence-corrected chi connectivity index (χ0v) is 13.5. The summed E-state index contributed by atoms with van der Waals surface area (Å²) in [6.45, 7) is 9.24. The first-order valence-corrected chi connectivity index (χ1v) is 7.53. The lowest BCUT2D eigenvalue weighted by Crippen LogP contribution is -2.48. The highest BCUT2D eigenvalue weighted by Crippen LogP contribution is 2.33. The Labute approximate surface area is 122 Å². The number of aliphatic hydroxyl groups is 1. The molecule has 1 saturated carbocycles. The van der Waals surface area contributed by atoms with Gasteiger partial charge in [0.25, 0.3) is 0 Å². The minimum atomic E-state index is -0.569. The van der Waals surface area contributed by atoms with Crippen LogP contribution < -0.4 is 5.32 Å². The Morgan fingerprint density at radius 2 is 1.80 bits per heavy atom. The van der Waals surface area contributed by atoms with Crippen LogP contribution in [0.25, 0.3) is 0 Å². The Balaban J connectivity index is 2.49. The van der Waals surface area contributed by atoms with Gasteiger partial charge in [-0.3, -0.25) is 9.59 Å². The van der Waals surface area contributed by atoms with Gasteiger partial charge in [-0.25, -0.2) is 0 Å². The van der Waals surface area contributed by atoms with Crippen molar-refractivity contribution in [3.8, 4) is 0 Å². The molecule has 0 aromatic heterocycles. The van der Waals surface area contributed by atoms with Gasteiger partial charge < -0.3 is 10.4 Å². The van der Waals surface area contributed by atoms with Gasteiger partial charge in [0.15, 0.2) is 5.78 Å². The number of amides is 1. The van der Waals surface area contributed by atoms with E-state index in [0.717, 1.165) is 25.7 Å². The molecule has 1 atom stereocenters. The van der Waals surface area contributed by atoms with Gasteiger partial charge in [-0.1, -0.05) is 20.8 Å². The molecular formula is C16H29NO3. The van der Waals surface area contributed by atoms with Crippen molar-refractivity contribution in [2.24, 2.45) is 11.3 Å². The molecule has 4 heteroatoms. The highest BCUT2D eigenvalue weighted by Gasteiger charge is 2.32. The fraction of sp³-hybridized carbons (Fsp3) is 0.875. The molecule has 0 spiro atoms. The highest BCUT2D eigenvalue weighted by molar-refractivity contribution is 5.88. The maximum Gasteiger partial charge on any atom is 0.220 e. The van der Waals surface area contributed by atoms with Gasteiger partial charge >= 0.3 is 0 Å². The van der Waals surface area contributed by atoms with Crippen molar-refractivity contribution in [2.45, 2.75) is 78.4 Å². The van der Waals surface area contributed by atoms with Gasteiger partial charge in [0, 0.05) is 6.42 Å². The van der Waals surface area contributed by atoms with Gasteiger partial charge in [0.05, 0.1) is 11.6 Å². The van der Waals surface area contributed by atoms with Crippen molar-refractivity contribution in [1.82, 2.24) is 5.32 Å². The van der Waals surface area contributed by atoms with Crippen LogP contribution in [0.1, 0.15) is 66.7 Å². The molecule has 20 heavy (non-hydrogen) atoms. The predicted octanol–water partition coefficient (Wildman–Crippen LogP) is 2.44. The molecule has 0 bridgehead atoms. The Kier molecular flexibility index (Phi) is 5.36. The average Bonchev–Trinajstić information content (AvgIpc) is 2.27. The van der Waals surface area contributed by atoms with Gasteiger partial charge in [0.2, 0.25) is 5.91 Å². The van der Waals surface area contributed by atoms with E-state index in [-0.39, 0.29) is 17.1 Å². The van der Waals surface area contributed by atoms with Crippen molar-refractivity contribution in [3.63, 3.8) is 0 Å². The summed E-state index contributed by atoms with van der Waals surface area (Å²) >= 11 is 0. The van der Waals surface area contributed by atoms with Gasteiger partial charge in [-0.15, -0.1) is 0 Å². The second-order valence-electron chi connectivity index (χ2n) is 7.62. The van der Waals surface area contributed by atoms with E-state index in [1.54, 1.807) is 0 Å². The van der Waals surface area contributed by atoms with Crippen LogP contribution >= 0.6 is 0 Å². The second-order valence-corrected chi connectivity index (χ2v) is 7.62. The molecule has 0 saturated heterocycles. The van der Waals surface area contributed by atoms with Crippen LogP contribution in [0.2, 0.25) is 0 Å². The minimum Gasteiger partial charge on any atom is -0.390 e. The van der Waals surface area contributed by atoms with E-state index >= 15 is 0 Å². The summed E-state index contributed by atoms with van der Waals surface area (Å²) in [6, 6.07) is -0.429. The molecule has 116 valence electrons. The van der Waals surface area contributed by atoms with E-state index in [1.807, 2.05) is 27.7 Å². The van der Waals surface area contributed by atoms with Crippen LogP contribution in [-0.4, -0.2) is 28.4 Å². The zero-order chi connectivity index (χ0) is 15.6. The first-order chi connectivity index (χ1) is 9.01. The SMILES string of the molecule is CC(=O)C(NC(=O)CC1CCC(C)(O)CC1)C(C)(C)C. The number of Topliss-reactive ketones (excluding diaryl/α,β-unsaturated/α-hetero) is 1. The first kappa shape index (κ1) is 17.2. The molecule has 1 unspecified atom stereocenters. The van der Waals surface area contributed by atoms with Crippen LogP contribution in [0.3, 0.4) is 0 Å². The van der Waals surface area contributed by atoms with Crippen molar-refractivity contribution >= 4 is 11.7 Å². The smallest absolute Gasteiger partial charge is 0.220 e. The van der Waals surface area contributed by atoms with Crippen molar-refractivity contribution < 1.29 is 14.7 Å². The monoisotopic (exact) mass is 283 g/mol. The number of hydrogen-bond acceptors (Lipinski definition) is 3. The molecule has 2 N–H and O–H groups in total. The second kappa shape index (κ2) is 6.25. The lowest BCUT2D eigenvalue weighted by molar-refractivity contribution is -0.130. The third kappa shape index (κ3) is 5.23. The Morgan fingerprint density at radius 1 is 1.30 bits per heavy atom. The van der Waals surface area contributed by atoms with E-state index in [4.69, 9.17) is 0 Å². The van der Waals surface area contributed by atoms with Gasteiger partial charge in [-0.05, 0) is 50.9 Å². The van der Waals surface area contributed by atoms with E-state index in [1.165, 1.54) is 6.92 Å². The first-order valence-electron chi connectivity index (χ1n) is 7.53. The quantitative estimate of drug-likeness (QED) is 0.832. The molecule has 1 aliphatic carbocycles. The van der Waals surface area contributed by atoms with Crippen LogP contribution in [0, 0.1) is 11.3 Å². The van der Waals surface area contributed by atoms with Crippen LogP contribution in [0.5, 0.6) is 0 Å². The Morgan fingerprint density at radius 3 is 2.20 bits per heavy atom. The van der Waals surface area contributed by atoms with E-state index in [9.17, 15) is 14.7 Å². The standard InChI is InChI=1S/C16H29NO3/c1-11(18)14(15(2,3)4)17-13(19)10-12-6-8-16(5,20)9-7-12/h12,14,20H,6-10H2,1-5H3,(H,17,19). The molecule has 0 heterocycles. The fourth-order valence-corrected chi connectivity index (χ4v) is 2.91. The van der Waals surface area contributed by atoms with Gasteiger partial charge in [0.1, 0.15) is 0 Å². The summed E-state index contributed by atoms with van der Waals surface area (Å²) in [4.78, 5) is 23.8. The fourth-order valence-electron chi connectivity index (χ4n) is 2.91. The van der Waals surface area contributed by atoms with Crippen LogP contribution in [0.4, 0.5) is 0 Å². The number of hydrogen-bond donors (Lipinski definition) is 2. The predicted molar refractivity (Wildman–Crippen MR) is 79.3 cm³/mol. The summed E-state index contributed by atoms with van der Waals surface area (Å²) < 4.78 is 0. The lowest BCUT2D eigenvalue weighted by atomic mass is 9.78.